The molecule has 0 aromatic heterocycles. The Kier molecular flexibility index (Phi) is 3.32. The Hall–Kier alpha value is -0.465. The van der Waals surface area contributed by atoms with E-state index in [1.54, 1.807) is 0 Å². The van der Waals surface area contributed by atoms with Gasteiger partial charge in [-0.15, -0.1) is 0 Å². The SMILES string of the molecule is [B]N(CCC)C(C)=O. The minimum atomic E-state index is -0.0770. The van der Waals surface area contributed by atoms with Crippen molar-refractivity contribution in [3.05, 3.63) is 0 Å². The van der Waals surface area contributed by atoms with Crippen molar-refractivity contribution >= 4 is 13.9 Å². The normalized spacial score (nSPS) is 8.75. The third-order valence-electron chi connectivity index (χ3n) is 0.869. The van der Waals surface area contributed by atoms with Crippen molar-refractivity contribution in [2.75, 3.05) is 6.54 Å². The van der Waals surface area contributed by atoms with Gasteiger partial charge in [-0.1, -0.05) is 6.92 Å². The summed E-state index contributed by atoms with van der Waals surface area (Å²) in [4.78, 5) is 11.5. The Labute approximate surface area is 51.3 Å². The Morgan fingerprint density at radius 2 is 2.25 bits per heavy atom. The van der Waals surface area contributed by atoms with Gasteiger partial charge in [-0.2, -0.15) is 0 Å². The molecule has 2 nitrogen and oxygen atoms in total. The van der Waals surface area contributed by atoms with Gasteiger partial charge in [-0.05, 0) is 6.42 Å². The zero-order chi connectivity index (χ0) is 6.57. The smallest absolute Gasteiger partial charge is 0.230 e. The highest BCUT2D eigenvalue weighted by atomic mass is 16.2. The van der Waals surface area contributed by atoms with E-state index >= 15 is 0 Å². The van der Waals surface area contributed by atoms with Crippen molar-refractivity contribution in [3.8, 4) is 0 Å². The molecule has 0 unspecified atom stereocenters. The maximum atomic E-state index is 10.3. The number of amides is 1. The first-order valence-corrected chi connectivity index (χ1v) is 2.71. The van der Waals surface area contributed by atoms with Crippen LogP contribution in [0.1, 0.15) is 20.3 Å². The van der Waals surface area contributed by atoms with E-state index in [0.717, 1.165) is 6.42 Å². The van der Waals surface area contributed by atoms with Crippen LogP contribution in [0.5, 0.6) is 0 Å². The monoisotopic (exact) mass is 111 g/mol. The maximum Gasteiger partial charge on any atom is 0.230 e. The van der Waals surface area contributed by atoms with Gasteiger partial charge in [0.15, 0.2) is 0 Å². The Morgan fingerprint density at radius 3 is 2.38 bits per heavy atom. The van der Waals surface area contributed by atoms with Gasteiger partial charge >= 0.3 is 0 Å². The molecular weight excluding hydrogens is 101 g/mol. The molecule has 0 N–H and O–H groups in total. The van der Waals surface area contributed by atoms with Crippen LogP contribution < -0.4 is 0 Å². The number of nitrogens with zero attached hydrogens (tertiary/aromatic N) is 1. The summed E-state index contributed by atoms with van der Waals surface area (Å²) in [6, 6.07) is 0. The molecule has 0 spiro atoms. The fraction of sp³-hybridized carbons (Fsp3) is 0.800. The van der Waals surface area contributed by atoms with Crippen LogP contribution in [0.15, 0.2) is 0 Å². The largest absolute Gasteiger partial charge is 0.397 e. The van der Waals surface area contributed by atoms with Crippen LogP contribution in [0, 0.1) is 0 Å². The van der Waals surface area contributed by atoms with Gasteiger partial charge in [0.1, 0.15) is 0 Å². The van der Waals surface area contributed by atoms with Crippen LogP contribution in [0.2, 0.25) is 0 Å². The summed E-state index contributed by atoms with van der Waals surface area (Å²) in [7, 11) is 5.21. The van der Waals surface area contributed by atoms with E-state index in [-0.39, 0.29) is 5.91 Å². The summed E-state index contributed by atoms with van der Waals surface area (Å²) in [5.74, 6) is -0.0770. The van der Waals surface area contributed by atoms with Crippen LogP contribution in [-0.2, 0) is 4.79 Å². The second-order valence-corrected chi connectivity index (χ2v) is 1.71. The first-order valence-electron chi connectivity index (χ1n) is 2.71. The molecular formula is C5H10BNO. The topological polar surface area (TPSA) is 20.3 Å². The van der Waals surface area contributed by atoms with Crippen molar-refractivity contribution < 1.29 is 4.79 Å². The molecule has 0 saturated carbocycles. The first-order chi connectivity index (χ1) is 3.68. The van der Waals surface area contributed by atoms with E-state index < -0.39 is 0 Å². The molecule has 0 aliphatic rings. The van der Waals surface area contributed by atoms with Crippen molar-refractivity contribution in [2.24, 2.45) is 0 Å². The highest BCUT2D eigenvalue weighted by molar-refractivity contribution is 6.13. The van der Waals surface area contributed by atoms with E-state index in [1.165, 1.54) is 11.7 Å². The van der Waals surface area contributed by atoms with Gasteiger partial charge in [-0.3, -0.25) is 4.79 Å². The molecule has 0 bridgehead atoms. The Balaban J connectivity index is 3.32. The van der Waals surface area contributed by atoms with Crippen LogP contribution in [-0.4, -0.2) is 25.2 Å². The molecule has 0 aliphatic carbocycles. The van der Waals surface area contributed by atoms with Crippen molar-refractivity contribution in [3.63, 3.8) is 0 Å². The number of hydrogen-bond acceptors (Lipinski definition) is 1. The molecule has 44 valence electrons. The van der Waals surface area contributed by atoms with Gasteiger partial charge in [0.05, 0.1) is 0 Å². The second kappa shape index (κ2) is 3.53. The fourth-order valence-electron chi connectivity index (χ4n) is 0.398. The average molecular weight is 111 g/mol. The fourth-order valence-corrected chi connectivity index (χ4v) is 0.398. The van der Waals surface area contributed by atoms with Crippen LogP contribution in [0.25, 0.3) is 0 Å². The number of hydrogen-bond donors (Lipinski definition) is 0. The van der Waals surface area contributed by atoms with Gasteiger partial charge in [0, 0.05) is 13.5 Å². The van der Waals surface area contributed by atoms with E-state index in [4.69, 9.17) is 7.98 Å². The summed E-state index contributed by atoms with van der Waals surface area (Å²) < 4.78 is 0. The summed E-state index contributed by atoms with van der Waals surface area (Å²) in [5, 5.41) is 0. The van der Waals surface area contributed by atoms with E-state index in [1.807, 2.05) is 6.92 Å². The summed E-state index contributed by atoms with van der Waals surface area (Å²) in [6.07, 6.45) is 0.913. The summed E-state index contributed by atoms with van der Waals surface area (Å²) in [5.41, 5.74) is 0. The third kappa shape index (κ3) is 2.67. The minimum Gasteiger partial charge on any atom is -0.397 e. The van der Waals surface area contributed by atoms with Crippen molar-refractivity contribution in [2.45, 2.75) is 20.3 Å². The molecule has 0 saturated heterocycles. The molecule has 0 aliphatic heterocycles. The van der Waals surface area contributed by atoms with E-state index in [2.05, 4.69) is 0 Å². The lowest BCUT2D eigenvalue weighted by Crippen LogP contribution is -2.25. The van der Waals surface area contributed by atoms with Crippen LogP contribution in [0.3, 0.4) is 0 Å². The highest BCUT2D eigenvalue weighted by Gasteiger charge is 1.96. The Bertz CT molecular complexity index is 84.5. The number of carbonyl (C=O) groups is 1. The van der Waals surface area contributed by atoms with Gasteiger partial charge in [0.25, 0.3) is 0 Å². The lowest BCUT2D eigenvalue weighted by atomic mass is 10.2. The predicted molar refractivity (Wildman–Crippen MR) is 33.4 cm³/mol. The van der Waals surface area contributed by atoms with Gasteiger partial charge < -0.3 is 4.81 Å². The molecule has 1 amide bonds. The van der Waals surface area contributed by atoms with E-state index in [0.29, 0.717) is 6.54 Å². The molecule has 0 heterocycles. The average Bonchev–Trinajstić information content (AvgIpc) is 1.67. The molecule has 0 fully saturated rings. The number of carbonyl (C=O) groups excluding carboxylic acids is 1. The summed E-state index contributed by atoms with van der Waals surface area (Å²) >= 11 is 0. The summed E-state index contributed by atoms with van der Waals surface area (Å²) in [6.45, 7) is 4.08. The second-order valence-electron chi connectivity index (χ2n) is 1.71. The lowest BCUT2D eigenvalue weighted by molar-refractivity contribution is -0.124. The molecule has 0 rings (SSSR count). The maximum absolute atomic E-state index is 10.3. The van der Waals surface area contributed by atoms with Crippen molar-refractivity contribution in [1.29, 1.82) is 0 Å². The molecule has 8 heavy (non-hydrogen) atoms. The molecule has 0 aromatic rings. The zero-order valence-corrected chi connectivity index (χ0v) is 5.35. The van der Waals surface area contributed by atoms with Crippen molar-refractivity contribution in [1.82, 2.24) is 4.81 Å². The standard InChI is InChI=1S/C5H10BNO/c1-3-4-7(6)5(2)8/h3-4H2,1-2H3. The quantitative estimate of drug-likeness (QED) is 0.470. The number of rotatable bonds is 2. The predicted octanol–water partition coefficient (Wildman–Crippen LogP) is 0.328. The first kappa shape index (κ1) is 7.53. The third-order valence-corrected chi connectivity index (χ3v) is 0.869. The lowest BCUT2D eigenvalue weighted by Gasteiger charge is -2.12. The van der Waals surface area contributed by atoms with Crippen LogP contribution >= 0.6 is 0 Å². The highest BCUT2D eigenvalue weighted by Crippen LogP contribution is 1.83. The van der Waals surface area contributed by atoms with E-state index in [9.17, 15) is 4.79 Å². The molecule has 0 aromatic carbocycles. The minimum absolute atomic E-state index is 0.0770. The molecule has 2 radical (unpaired) electrons. The molecule has 0 atom stereocenters. The van der Waals surface area contributed by atoms with Gasteiger partial charge in [-0.25, -0.2) is 0 Å². The van der Waals surface area contributed by atoms with Gasteiger partial charge in [0.2, 0.25) is 13.9 Å². The Morgan fingerprint density at radius 1 is 1.75 bits per heavy atom. The van der Waals surface area contributed by atoms with Crippen LogP contribution in [0.4, 0.5) is 0 Å². The zero-order valence-electron chi connectivity index (χ0n) is 5.35. The molecule has 3 heteroatoms.